The number of tetrazole rings is 1. The second-order valence-corrected chi connectivity index (χ2v) is 4.82. The maximum absolute atomic E-state index is 5.71. The van der Waals surface area contributed by atoms with Crippen molar-refractivity contribution < 1.29 is 0 Å². The highest BCUT2D eigenvalue weighted by Gasteiger charge is 2.06. The Balaban J connectivity index is 1.95. The van der Waals surface area contributed by atoms with Gasteiger partial charge in [0, 0.05) is 11.4 Å². The van der Waals surface area contributed by atoms with Crippen molar-refractivity contribution in [1.29, 1.82) is 0 Å². The molecule has 0 saturated carbocycles. The van der Waals surface area contributed by atoms with E-state index in [9.17, 15) is 0 Å². The Morgan fingerprint density at radius 1 is 1.22 bits per heavy atom. The monoisotopic (exact) mass is 264 g/mol. The van der Waals surface area contributed by atoms with E-state index in [1.165, 1.54) is 0 Å². The van der Waals surface area contributed by atoms with E-state index in [0.717, 1.165) is 24.9 Å². The number of alkyl halides is 1. The second kappa shape index (κ2) is 6.50. The first-order valence-corrected chi connectivity index (χ1v) is 6.72. The molecule has 1 aromatic heterocycles. The Bertz CT molecular complexity index is 469. The molecule has 0 amide bonds. The molecule has 2 aromatic rings. The molecule has 0 fully saturated rings. The lowest BCUT2D eigenvalue weighted by Crippen LogP contribution is -2.07. The van der Waals surface area contributed by atoms with Gasteiger partial charge in [-0.3, -0.25) is 0 Å². The van der Waals surface area contributed by atoms with Crippen LogP contribution in [0, 0.1) is 5.92 Å². The first-order valence-electron chi connectivity index (χ1n) is 6.19. The molecule has 5 heteroatoms. The Labute approximate surface area is 112 Å². The predicted octanol–water partition coefficient (Wildman–Crippen LogP) is 3.00. The zero-order chi connectivity index (χ0) is 12.8. The number of benzene rings is 1. The number of hydrogen-bond donors (Lipinski definition) is 0. The summed E-state index contributed by atoms with van der Waals surface area (Å²) in [6, 6.07) is 9.88. The molecular formula is C13H17ClN4. The van der Waals surface area contributed by atoms with Crippen LogP contribution >= 0.6 is 11.6 Å². The molecule has 0 aliphatic heterocycles. The van der Waals surface area contributed by atoms with E-state index in [1.807, 2.05) is 30.3 Å². The minimum absolute atomic E-state index is 0.591. The van der Waals surface area contributed by atoms with E-state index in [-0.39, 0.29) is 0 Å². The zero-order valence-electron chi connectivity index (χ0n) is 10.5. The predicted molar refractivity (Wildman–Crippen MR) is 72.4 cm³/mol. The average molecular weight is 265 g/mol. The second-order valence-electron chi connectivity index (χ2n) is 4.45. The van der Waals surface area contributed by atoms with Crippen LogP contribution in [0.3, 0.4) is 0 Å². The summed E-state index contributed by atoms with van der Waals surface area (Å²) in [7, 11) is 0. The molecule has 0 radical (unpaired) electrons. The molecule has 0 saturated heterocycles. The molecule has 1 aromatic carbocycles. The van der Waals surface area contributed by atoms with Gasteiger partial charge in [0.25, 0.3) is 0 Å². The number of nitrogens with zero attached hydrogens (tertiary/aromatic N) is 4. The van der Waals surface area contributed by atoms with Crippen molar-refractivity contribution in [2.75, 3.05) is 5.88 Å². The van der Waals surface area contributed by atoms with Crippen molar-refractivity contribution in [3.8, 4) is 11.4 Å². The molecule has 18 heavy (non-hydrogen) atoms. The number of halogens is 1. The molecule has 0 bridgehead atoms. The van der Waals surface area contributed by atoms with Gasteiger partial charge in [-0.15, -0.1) is 21.8 Å². The minimum atomic E-state index is 0.591. The third-order valence-electron chi connectivity index (χ3n) is 2.91. The zero-order valence-corrected chi connectivity index (χ0v) is 11.2. The molecule has 0 spiro atoms. The van der Waals surface area contributed by atoms with Crippen molar-refractivity contribution in [3.05, 3.63) is 30.3 Å². The van der Waals surface area contributed by atoms with E-state index in [0.29, 0.717) is 17.6 Å². The van der Waals surface area contributed by atoms with Crippen molar-refractivity contribution in [2.45, 2.75) is 26.3 Å². The molecule has 0 aliphatic rings. The van der Waals surface area contributed by atoms with E-state index in [4.69, 9.17) is 11.6 Å². The van der Waals surface area contributed by atoms with E-state index >= 15 is 0 Å². The maximum Gasteiger partial charge on any atom is 0.204 e. The molecule has 2 rings (SSSR count). The lowest BCUT2D eigenvalue weighted by Gasteiger charge is -2.07. The van der Waals surface area contributed by atoms with Gasteiger partial charge in [-0.2, -0.15) is 4.80 Å². The summed E-state index contributed by atoms with van der Waals surface area (Å²) in [4.78, 5) is 1.66. The Morgan fingerprint density at radius 2 is 2.00 bits per heavy atom. The third-order valence-corrected chi connectivity index (χ3v) is 3.13. The molecule has 1 unspecified atom stereocenters. The number of hydrogen-bond acceptors (Lipinski definition) is 3. The normalized spacial score (nSPS) is 12.6. The van der Waals surface area contributed by atoms with Crippen molar-refractivity contribution >= 4 is 11.6 Å². The van der Waals surface area contributed by atoms with Crippen molar-refractivity contribution in [1.82, 2.24) is 20.2 Å². The minimum Gasteiger partial charge on any atom is -0.164 e. The number of aromatic nitrogens is 4. The Morgan fingerprint density at radius 3 is 2.72 bits per heavy atom. The van der Waals surface area contributed by atoms with Crippen molar-refractivity contribution in [3.63, 3.8) is 0 Å². The summed E-state index contributed by atoms with van der Waals surface area (Å²) >= 11 is 5.71. The van der Waals surface area contributed by atoms with Gasteiger partial charge in [0.05, 0.1) is 6.54 Å². The van der Waals surface area contributed by atoms with Gasteiger partial charge >= 0.3 is 0 Å². The van der Waals surface area contributed by atoms with E-state index in [1.54, 1.807) is 4.80 Å². The van der Waals surface area contributed by atoms with Crippen LogP contribution in [0.5, 0.6) is 0 Å². The first-order chi connectivity index (χ1) is 8.79. The SMILES string of the molecule is CC(CCCl)CCn1nnc(-c2ccccc2)n1. The van der Waals surface area contributed by atoms with E-state index in [2.05, 4.69) is 22.3 Å². The standard InChI is InChI=1S/C13H17ClN4/c1-11(7-9-14)8-10-18-16-13(15-17-18)12-5-3-2-4-6-12/h2-6,11H,7-10H2,1H3. The highest BCUT2D eigenvalue weighted by Crippen LogP contribution is 2.13. The average Bonchev–Trinajstić information content (AvgIpc) is 2.87. The highest BCUT2D eigenvalue weighted by molar-refractivity contribution is 6.17. The smallest absolute Gasteiger partial charge is 0.164 e. The van der Waals surface area contributed by atoms with Crippen LogP contribution in [0.25, 0.3) is 11.4 Å². The lowest BCUT2D eigenvalue weighted by molar-refractivity contribution is 0.417. The van der Waals surface area contributed by atoms with Crippen molar-refractivity contribution in [2.24, 2.45) is 5.92 Å². The molecule has 1 heterocycles. The van der Waals surface area contributed by atoms with Crippen LogP contribution in [0.2, 0.25) is 0 Å². The molecule has 96 valence electrons. The van der Waals surface area contributed by atoms with Gasteiger partial charge in [-0.25, -0.2) is 0 Å². The van der Waals surface area contributed by atoms with Crippen LogP contribution in [-0.2, 0) is 6.54 Å². The number of rotatable bonds is 6. The van der Waals surface area contributed by atoms with Gasteiger partial charge in [-0.05, 0) is 24.0 Å². The highest BCUT2D eigenvalue weighted by atomic mass is 35.5. The quantitative estimate of drug-likeness (QED) is 0.754. The summed E-state index contributed by atoms with van der Waals surface area (Å²) in [5, 5.41) is 12.5. The molecular weight excluding hydrogens is 248 g/mol. The molecule has 1 atom stereocenters. The molecule has 0 N–H and O–H groups in total. The van der Waals surface area contributed by atoms with Crippen LogP contribution in [-0.4, -0.2) is 26.1 Å². The third kappa shape index (κ3) is 3.53. The summed E-state index contributed by atoms with van der Waals surface area (Å²) in [5.74, 6) is 1.98. The van der Waals surface area contributed by atoms with Gasteiger partial charge in [0.2, 0.25) is 5.82 Å². The molecule has 4 nitrogen and oxygen atoms in total. The summed E-state index contributed by atoms with van der Waals surface area (Å²) < 4.78 is 0. The Kier molecular flexibility index (Phi) is 4.70. The fourth-order valence-corrected chi connectivity index (χ4v) is 2.08. The topological polar surface area (TPSA) is 43.6 Å². The first kappa shape index (κ1) is 13.0. The van der Waals surface area contributed by atoms with Gasteiger partial charge in [0.15, 0.2) is 0 Å². The fraction of sp³-hybridized carbons (Fsp3) is 0.462. The largest absolute Gasteiger partial charge is 0.204 e. The van der Waals surface area contributed by atoms with Gasteiger partial charge < -0.3 is 0 Å². The maximum atomic E-state index is 5.71. The summed E-state index contributed by atoms with van der Waals surface area (Å²) in [6.07, 6.45) is 2.05. The fourth-order valence-electron chi connectivity index (χ4n) is 1.71. The summed E-state index contributed by atoms with van der Waals surface area (Å²) in [6.45, 7) is 2.98. The Hall–Kier alpha value is -1.42. The van der Waals surface area contributed by atoms with Crippen LogP contribution in [0.1, 0.15) is 19.8 Å². The van der Waals surface area contributed by atoms with E-state index < -0.39 is 0 Å². The van der Waals surface area contributed by atoms with Gasteiger partial charge in [-0.1, -0.05) is 37.3 Å². The van der Waals surface area contributed by atoms with Crippen LogP contribution < -0.4 is 0 Å². The summed E-state index contributed by atoms with van der Waals surface area (Å²) in [5.41, 5.74) is 0.998. The van der Waals surface area contributed by atoms with Crippen LogP contribution in [0.4, 0.5) is 0 Å². The number of aryl methyl sites for hydroxylation is 1. The van der Waals surface area contributed by atoms with Gasteiger partial charge in [0.1, 0.15) is 0 Å². The lowest BCUT2D eigenvalue weighted by atomic mass is 10.1. The van der Waals surface area contributed by atoms with Crippen LogP contribution in [0.15, 0.2) is 30.3 Å². The molecule has 0 aliphatic carbocycles.